The van der Waals surface area contributed by atoms with Gasteiger partial charge in [0.1, 0.15) is 18.4 Å². The monoisotopic (exact) mass is 705 g/mol. The molecule has 0 saturated carbocycles. The summed E-state index contributed by atoms with van der Waals surface area (Å²) in [6.07, 6.45) is 3.88. The van der Waals surface area contributed by atoms with Gasteiger partial charge in [-0.2, -0.15) is 8.42 Å². The lowest BCUT2D eigenvalue weighted by Crippen LogP contribution is -2.42. The lowest BCUT2D eigenvalue weighted by Gasteiger charge is -2.15. The van der Waals surface area contributed by atoms with Crippen molar-refractivity contribution in [1.82, 2.24) is 5.32 Å². The number of benzene rings is 4. The molecule has 0 bridgehead atoms. The molecule has 4 aromatic carbocycles. The Bertz CT molecular complexity index is 1840. The van der Waals surface area contributed by atoms with E-state index in [4.69, 9.17) is 26.5 Å². The van der Waals surface area contributed by atoms with Crippen LogP contribution in [0.2, 0.25) is 0 Å². The maximum Gasteiger partial charge on any atom is 0.330 e. The van der Waals surface area contributed by atoms with E-state index in [2.05, 4.69) is 15.0 Å². The Hall–Kier alpha value is -6.19. The zero-order chi connectivity index (χ0) is 37.1. The van der Waals surface area contributed by atoms with E-state index in [0.29, 0.717) is 35.6 Å². The number of carboxylic acid groups (broad SMARTS) is 1. The summed E-state index contributed by atoms with van der Waals surface area (Å²) < 4.78 is 36.1. The molecule has 0 unspecified atom stereocenters. The first kappa shape index (κ1) is 40.0. The maximum absolute atomic E-state index is 12.5. The van der Waals surface area contributed by atoms with E-state index in [1.165, 1.54) is 25.3 Å². The van der Waals surface area contributed by atoms with Crippen LogP contribution in [0.4, 0.5) is 11.4 Å². The zero-order valence-corrected chi connectivity index (χ0v) is 28.1. The third-order valence-corrected chi connectivity index (χ3v) is 6.15. The average Bonchev–Trinajstić information content (AvgIpc) is 3.07. The van der Waals surface area contributed by atoms with Crippen LogP contribution in [0.5, 0.6) is 5.75 Å². The van der Waals surface area contributed by atoms with Crippen molar-refractivity contribution in [2.45, 2.75) is 19.1 Å². The molecule has 0 spiro atoms. The summed E-state index contributed by atoms with van der Waals surface area (Å²) in [6.45, 7) is 0.440. The lowest BCUT2D eigenvalue weighted by atomic mass is 10.1. The Morgan fingerprint density at radius 2 is 1.46 bits per heavy atom. The second-order valence-corrected chi connectivity index (χ2v) is 11.8. The number of nitrogens with one attached hydrogen (secondary N) is 1. The molecule has 4 aromatic rings. The average molecular weight is 706 g/mol. The number of aliphatic imine (C=N–C) groups is 1. The van der Waals surface area contributed by atoms with Gasteiger partial charge in [-0.05, 0) is 71.3 Å². The number of nitrogens with zero attached hydrogens (tertiary/aromatic N) is 1. The van der Waals surface area contributed by atoms with E-state index < -0.39 is 28.0 Å². The Morgan fingerprint density at radius 1 is 0.880 bits per heavy atom. The highest BCUT2D eigenvalue weighted by atomic mass is 32.2. The maximum atomic E-state index is 12.5. The SMILES string of the molecule is COC(=O)/C=C/c1ccc(N)cc1.CS(=O)(=O)O.NC(N)=Nc1ccc(C(=O)N[C@@H](Cc2ccc(OCc3ccccc3)cc2)C(=O)O)cc1. The summed E-state index contributed by atoms with van der Waals surface area (Å²) >= 11 is 0. The molecule has 50 heavy (non-hydrogen) atoms. The predicted molar refractivity (Wildman–Crippen MR) is 191 cm³/mol. The molecule has 0 aliphatic carbocycles. The summed E-state index contributed by atoms with van der Waals surface area (Å²) in [5.74, 6) is -1.41. The smallest absolute Gasteiger partial charge is 0.330 e. The van der Waals surface area contributed by atoms with Gasteiger partial charge >= 0.3 is 11.9 Å². The molecule has 0 aromatic heterocycles. The molecule has 0 aliphatic heterocycles. The topological polar surface area (TPSA) is 247 Å². The molecule has 9 N–H and O–H groups in total. The molecule has 14 nitrogen and oxygen atoms in total. The minimum absolute atomic E-state index is 0.0929. The van der Waals surface area contributed by atoms with Gasteiger partial charge in [0, 0.05) is 23.7 Å². The second-order valence-electron chi connectivity index (χ2n) is 10.3. The standard InChI is InChI=1S/C24H24N4O4.C10H11NO2.CH4O3S/c25-24(26)27-19-10-8-18(9-11-19)22(29)28-21(23(30)31)14-16-6-12-20(13-7-16)32-15-17-4-2-1-3-5-17;1-13-10(12)7-4-8-2-5-9(11)6-3-8;1-5(2,3)4/h1-13,21H,14-15H2,(H,28,29)(H,30,31)(H4,25,26,27);2-7H,11H2,1H3;1H3,(H,2,3,4)/b;7-4+;/t21-;;/m0../s1. The fourth-order valence-electron chi connectivity index (χ4n) is 3.82. The highest BCUT2D eigenvalue weighted by Gasteiger charge is 2.21. The number of hydrogen-bond donors (Lipinski definition) is 6. The van der Waals surface area contributed by atoms with Crippen molar-refractivity contribution in [3.8, 4) is 5.75 Å². The van der Waals surface area contributed by atoms with Gasteiger partial charge in [0.15, 0.2) is 5.96 Å². The molecular weight excluding hydrogens is 666 g/mol. The number of nitrogens with two attached hydrogens (primary N) is 3. The highest BCUT2D eigenvalue weighted by molar-refractivity contribution is 7.85. The first-order valence-electron chi connectivity index (χ1n) is 14.7. The van der Waals surface area contributed by atoms with Crippen LogP contribution in [0.15, 0.2) is 114 Å². The van der Waals surface area contributed by atoms with Gasteiger partial charge in [0.2, 0.25) is 0 Å². The third-order valence-electron chi connectivity index (χ3n) is 6.15. The molecule has 0 aliphatic rings. The van der Waals surface area contributed by atoms with E-state index in [9.17, 15) is 27.9 Å². The lowest BCUT2D eigenvalue weighted by molar-refractivity contribution is -0.139. The number of anilines is 1. The van der Waals surface area contributed by atoms with Crippen LogP contribution >= 0.6 is 0 Å². The van der Waals surface area contributed by atoms with Crippen LogP contribution in [0.3, 0.4) is 0 Å². The molecule has 4 rings (SSSR count). The van der Waals surface area contributed by atoms with Crippen molar-refractivity contribution < 1.29 is 41.9 Å². The van der Waals surface area contributed by atoms with Crippen molar-refractivity contribution in [2.24, 2.45) is 16.5 Å². The van der Waals surface area contributed by atoms with Gasteiger partial charge < -0.3 is 37.1 Å². The number of nitrogen functional groups attached to an aromatic ring is 1. The number of guanidine groups is 1. The van der Waals surface area contributed by atoms with Crippen molar-refractivity contribution in [3.63, 3.8) is 0 Å². The summed E-state index contributed by atoms with van der Waals surface area (Å²) in [4.78, 5) is 38.8. The first-order chi connectivity index (χ1) is 23.6. The molecular formula is C35H39N5O9S. The van der Waals surface area contributed by atoms with E-state index in [1.54, 1.807) is 54.6 Å². The number of amides is 1. The molecule has 0 heterocycles. The van der Waals surface area contributed by atoms with E-state index in [0.717, 1.165) is 16.7 Å². The van der Waals surface area contributed by atoms with Gasteiger partial charge in [-0.3, -0.25) is 9.35 Å². The summed E-state index contributed by atoms with van der Waals surface area (Å²) in [5.41, 5.74) is 20.4. The summed E-state index contributed by atoms with van der Waals surface area (Å²) in [5, 5.41) is 12.1. The van der Waals surface area contributed by atoms with Crippen LogP contribution in [-0.4, -0.2) is 61.3 Å². The number of ether oxygens (including phenoxy) is 2. The fourth-order valence-corrected chi connectivity index (χ4v) is 3.82. The van der Waals surface area contributed by atoms with Crippen molar-refractivity contribution in [2.75, 3.05) is 19.1 Å². The van der Waals surface area contributed by atoms with Gasteiger partial charge in [0.25, 0.3) is 16.0 Å². The number of carboxylic acids is 1. The number of rotatable bonds is 11. The first-order valence-corrected chi connectivity index (χ1v) is 16.5. The van der Waals surface area contributed by atoms with Gasteiger partial charge in [-0.25, -0.2) is 14.6 Å². The molecule has 1 atom stereocenters. The molecule has 0 saturated heterocycles. The fraction of sp³-hybridized carbons (Fsp3) is 0.143. The Morgan fingerprint density at radius 3 is 1.98 bits per heavy atom. The van der Waals surface area contributed by atoms with Crippen molar-refractivity contribution in [3.05, 3.63) is 131 Å². The number of carbonyl (C=O) groups is 3. The van der Waals surface area contributed by atoms with Gasteiger partial charge in [-0.1, -0.05) is 54.6 Å². The number of aliphatic carboxylic acids is 1. The largest absolute Gasteiger partial charge is 0.489 e. The molecule has 15 heteroatoms. The quantitative estimate of drug-likeness (QED) is 0.0328. The Labute approximate surface area is 290 Å². The van der Waals surface area contributed by atoms with Crippen molar-refractivity contribution in [1.29, 1.82) is 0 Å². The van der Waals surface area contributed by atoms with Crippen LogP contribution in [0.1, 0.15) is 27.0 Å². The number of esters is 1. The van der Waals surface area contributed by atoms with Gasteiger partial charge in [-0.15, -0.1) is 0 Å². The number of hydrogen-bond acceptors (Lipinski definition) is 9. The van der Waals surface area contributed by atoms with E-state index in [-0.39, 0.29) is 18.3 Å². The molecule has 264 valence electrons. The van der Waals surface area contributed by atoms with Crippen LogP contribution < -0.4 is 27.3 Å². The summed E-state index contributed by atoms with van der Waals surface area (Å²) in [7, 11) is -2.32. The zero-order valence-electron chi connectivity index (χ0n) is 27.3. The minimum atomic E-state index is -3.67. The molecule has 1 amide bonds. The van der Waals surface area contributed by atoms with E-state index >= 15 is 0 Å². The van der Waals surface area contributed by atoms with Crippen LogP contribution in [0.25, 0.3) is 6.08 Å². The minimum Gasteiger partial charge on any atom is -0.489 e. The molecule has 0 radical (unpaired) electrons. The number of carbonyl (C=O) groups excluding carboxylic acids is 2. The van der Waals surface area contributed by atoms with Gasteiger partial charge in [0.05, 0.1) is 19.1 Å². The Balaban J connectivity index is 0.000000396. The van der Waals surface area contributed by atoms with Crippen molar-refractivity contribution >= 4 is 51.4 Å². The van der Waals surface area contributed by atoms with Crippen LogP contribution in [0, 0.1) is 0 Å². The molecule has 0 fully saturated rings. The van der Waals surface area contributed by atoms with E-state index in [1.807, 2.05) is 42.5 Å². The Kier molecular flexibility index (Phi) is 16.2. The number of methoxy groups -OCH3 is 1. The normalized spacial score (nSPS) is 11.0. The second kappa shape index (κ2) is 20.2. The van der Waals surface area contributed by atoms with Crippen LogP contribution in [-0.2, 0) is 37.5 Å². The summed E-state index contributed by atoms with van der Waals surface area (Å²) in [6, 6.07) is 29.2. The third kappa shape index (κ3) is 17.1. The predicted octanol–water partition coefficient (Wildman–Crippen LogP) is 3.56. The highest BCUT2D eigenvalue weighted by Crippen LogP contribution is 2.17.